The molecule has 0 saturated carbocycles. The van der Waals surface area contributed by atoms with Crippen LogP contribution in [0, 0.1) is 0 Å². The van der Waals surface area contributed by atoms with Crippen LogP contribution in [0.3, 0.4) is 0 Å². The molecule has 0 aromatic heterocycles. The van der Waals surface area contributed by atoms with Crippen molar-refractivity contribution in [1.82, 2.24) is 0 Å². The first-order chi connectivity index (χ1) is 11.7. The molecule has 1 atom stereocenters. The smallest absolute Gasteiger partial charge is 0.231 e. The first kappa shape index (κ1) is 15.1. The van der Waals surface area contributed by atoms with E-state index in [1.54, 1.807) is 7.11 Å². The molecule has 0 amide bonds. The summed E-state index contributed by atoms with van der Waals surface area (Å²) in [5.41, 5.74) is 3.03. The topological polar surface area (TPSA) is 49.3 Å². The number of hydrogen-bond donors (Lipinski definition) is 0. The highest BCUT2D eigenvalue weighted by Gasteiger charge is 2.25. The highest BCUT2D eigenvalue weighted by Crippen LogP contribution is 2.42. The first-order valence-electron chi connectivity index (χ1n) is 7.68. The number of fused-ring (bicyclic) bond motifs is 1. The van der Waals surface area contributed by atoms with E-state index in [0.717, 1.165) is 23.3 Å². The monoisotopic (exact) mass is 345 g/mol. The molecule has 124 valence electrons. The average Bonchev–Trinajstić information content (AvgIpc) is 3.24. The minimum Gasteiger partial charge on any atom is -0.493 e. The fourth-order valence-electron chi connectivity index (χ4n) is 2.92. The highest BCUT2D eigenvalue weighted by atomic mass is 35.5. The second-order valence-corrected chi connectivity index (χ2v) is 6.15. The number of methoxy groups -OCH3 is 1. The van der Waals surface area contributed by atoms with E-state index in [9.17, 15) is 0 Å². The van der Waals surface area contributed by atoms with Crippen LogP contribution in [-0.2, 0) is 11.3 Å². The van der Waals surface area contributed by atoms with Gasteiger partial charge in [-0.25, -0.2) is 0 Å². The van der Waals surface area contributed by atoms with Crippen molar-refractivity contribution in [3.8, 4) is 17.2 Å². The average molecular weight is 346 g/mol. The molecule has 4 rings (SSSR count). The highest BCUT2D eigenvalue weighted by molar-refractivity contribution is 6.30. The van der Waals surface area contributed by atoms with Crippen molar-refractivity contribution in [1.29, 1.82) is 0 Å². The molecule has 24 heavy (non-hydrogen) atoms. The summed E-state index contributed by atoms with van der Waals surface area (Å²) >= 11 is 5.92. The van der Waals surface area contributed by atoms with Gasteiger partial charge in [0.15, 0.2) is 11.5 Å². The molecule has 2 aromatic carbocycles. The standard InChI is InChI=1S/C18H16ClNO4/c1-21-16-7-11(8-17-18(16)23-10-22-17)6-14-9-15(20-24-14)12-2-4-13(19)5-3-12/h2-5,7-8,14H,6,9-10H2,1H3. The Morgan fingerprint density at radius 2 is 2.04 bits per heavy atom. The fourth-order valence-corrected chi connectivity index (χ4v) is 3.04. The summed E-state index contributed by atoms with van der Waals surface area (Å²) in [5.74, 6) is 2.05. The molecule has 5 nitrogen and oxygen atoms in total. The number of benzene rings is 2. The molecule has 0 spiro atoms. The molecule has 2 aromatic rings. The van der Waals surface area contributed by atoms with Crippen molar-refractivity contribution >= 4 is 17.3 Å². The maximum atomic E-state index is 5.92. The number of halogens is 1. The van der Waals surface area contributed by atoms with E-state index in [0.29, 0.717) is 28.7 Å². The van der Waals surface area contributed by atoms with Crippen molar-refractivity contribution in [3.05, 3.63) is 52.5 Å². The lowest BCUT2D eigenvalue weighted by Gasteiger charge is -2.11. The Balaban J connectivity index is 1.47. The summed E-state index contributed by atoms with van der Waals surface area (Å²) in [4.78, 5) is 5.59. The van der Waals surface area contributed by atoms with Gasteiger partial charge in [0, 0.05) is 17.9 Å². The molecule has 6 heteroatoms. The summed E-state index contributed by atoms with van der Waals surface area (Å²) in [6, 6.07) is 11.5. The molecule has 2 aliphatic heterocycles. The summed E-state index contributed by atoms with van der Waals surface area (Å²) < 4.78 is 16.3. The van der Waals surface area contributed by atoms with Crippen molar-refractivity contribution in [2.24, 2.45) is 5.16 Å². The van der Waals surface area contributed by atoms with E-state index in [1.807, 2.05) is 36.4 Å². The molecule has 0 fully saturated rings. The second-order valence-electron chi connectivity index (χ2n) is 5.71. The van der Waals surface area contributed by atoms with E-state index in [4.69, 9.17) is 30.6 Å². The molecule has 2 heterocycles. The molecular formula is C18H16ClNO4. The Hall–Kier alpha value is -2.40. The lowest BCUT2D eigenvalue weighted by Crippen LogP contribution is -2.12. The van der Waals surface area contributed by atoms with Crippen LogP contribution in [0.1, 0.15) is 17.5 Å². The summed E-state index contributed by atoms with van der Waals surface area (Å²) in [6.07, 6.45) is 1.45. The molecule has 0 aliphatic carbocycles. The summed E-state index contributed by atoms with van der Waals surface area (Å²) in [7, 11) is 1.62. The summed E-state index contributed by atoms with van der Waals surface area (Å²) in [6.45, 7) is 0.221. The minimum absolute atomic E-state index is 0.0132. The van der Waals surface area contributed by atoms with Gasteiger partial charge in [-0.15, -0.1) is 0 Å². The Morgan fingerprint density at radius 3 is 2.83 bits per heavy atom. The zero-order chi connectivity index (χ0) is 16.5. The normalized spacial score (nSPS) is 18.2. The predicted octanol–water partition coefficient (Wildman–Crippen LogP) is 3.81. The van der Waals surface area contributed by atoms with E-state index in [-0.39, 0.29) is 12.9 Å². The van der Waals surface area contributed by atoms with Gasteiger partial charge in [0.1, 0.15) is 6.10 Å². The van der Waals surface area contributed by atoms with Crippen LogP contribution in [0.15, 0.2) is 41.6 Å². The number of hydrogen-bond acceptors (Lipinski definition) is 5. The molecule has 0 radical (unpaired) electrons. The van der Waals surface area contributed by atoms with Crippen molar-refractivity contribution in [3.63, 3.8) is 0 Å². The van der Waals surface area contributed by atoms with Crippen LogP contribution in [0.4, 0.5) is 0 Å². The maximum absolute atomic E-state index is 5.92. The van der Waals surface area contributed by atoms with Gasteiger partial charge in [0.25, 0.3) is 0 Å². The van der Waals surface area contributed by atoms with Crippen LogP contribution >= 0.6 is 11.6 Å². The SMILES string of the molecule is COc1cc(CC2CC(c3ccc(Cl)cc3)=NO2)cc2c1OCO2. The molecule has 0 saturated heterocycles. The Morgan fingerprint density at radius 1 is 1.21 bits per heavy atom. The Kier molecular flexibility index (Phi) is 3.94. The Bertz CT molecular complexity index is 788. The maximum Gasteiger partial charge on any atom is 0.231 e. The Labute approximate surface area is 144 Å². The molecule has 0 bridgehead atoms. The quantitative estimate of drug-likeness (QED) is 0.845. The van der Waals surface area contributed by atoms with Crippen LogP contribution in [0.5, 0.6) is 17.2 Å². The molecule has 0 N–H and O–H groups in total. The van der Waals surface area contributed by atoms with Crippen LogP contribution in [0.25, 0.3) is 0 Å². The third-order valence-electron chi connectivity index (χ3n) is 4.09. The van der Waals surface area contributed by atoms with E-state index < -0.39 is 0 Å². The molecule has 1 unspecified atom stereocenters. The number of oxime groups is 1. The van der Waals surface area contributed by atoms with Crippen molar-refractivity contribution in [2.45, 2.75) is 18.9 Å². The molecular weight excluding hydrogens is 330 g/mol. The largest absolute Gasteiger partial charge is 0.493 e. The van der Waals surface area contributed by atoms with E-state index >= 15 is 0 Å². The van der Waals surface area contributed by atoms with Gasteiger partial charge < -0.3 is 19.0 Å². The van der Waals surface area contributed by atoms with Crippen LogP contribution in [0.2, 0.25) is 5.02 Å². The van der Waals surface area contributed by atoms with E-state index in [2.05, 4.69) is 5.16 Å². The van der Waals surface area contributed by atoms with Gasteiger partial charge in [-0.1, -0.05) is 28.9 Å². The third-order valence-corrected chi connectivity index (χ3v) is 4.34. The summed E-state index contributed by atoms with van der Waals surface area (Å²) in [5, 5.41) is 4.93. The first-order valence-corrected chi connectivity index (χ1v) is 8.06. The van der Waals surface area contributed by atoms with Crippen molar-refractivity contribution in [2.75, 3.05) is 13.9 Å². The fraction of sp³-hybridized carbons (Fsp3) is 0.278. The van der Waals surface area contributed by atoms with Gasteiger partial charge in [-0.3, -0.25) is 0 Å². The predicted molar refractivity (Wildman–Crippen MR) is 90.3 cm³/mol. The number of rotatable bonds is 4. The van der Waals surface area contributed by atoms with E-state index in [1.165, 1.54) is 0 Å². The third kappa shape index (κ3) is 2.87. The van der Waals surface area contributed by atoms with Gasteiger partial charge in [0.2, 0.25) is 12.5 Å². The number of ether oxygens (including phenoxy) is 3. The molecule has 2 aliphatic rings. The number of nitrogens with zero attached hydrogens (tertiary/aromatic N) is 1. The van der Waals surface area contributed by atoms with Gasteiger partial charge in [-0.2, -0.15) is 0 Å². The second kappa shape index (κ2) is 6.24. The zero-order valence-electron chi connectivity index (χ0n) is 13.1. The lowest BCUT2D eigenvalue weighted by atomic mass is 10.00. The van der Waals surface area contributed by atoms with Crippen LogP contribution < -0.4 is 14.2 Å². The van der Waals surface area contributed by atoms with Gasteiger partial charge in [-0.05, 0) is 35.4 Å². The zero-order valence-corrected chi connectivity index (χ0v) is 13.9. The minimum atomic E-state index is -0.0132. The van der Waals surface area contributed by atoms with Crippen molar-refractivity contribution < 1.29 is 19.0 Å². The van der Waals surface area contributed by atoms with Crippen LogP contribution in [-0.4, -0.2) is 25.7 Å². The van der Waals surface area contributed by atoms with Gasteiger partial charge >= 0.3 is 0 Å². The van der Waals surface area contributed by atoms with Gasteiger partial charge in [0.05, 0.1) is 12.8 Å². The lowest BCUT2D eigenvalue weighted by molar-refractivity contribution is 0.0858.